The van der Waals surface area contributed by atoms with Gasteiger partial charge in [-0.25, -0.2) is 4.39 Å². The number of nitrogens with one attached hydrogen (secondary N) is 2. The van der Waals surface area contributed by atoms with E-state index in [-0.39, 0.29) is 11.9 Å². The Bertz CT molecular complexity index is 827. The molecule has 0 radical (unpaired) electrons. The van der Waals surface area contributed by atoms with Gasteiger partial charge in [0.05, 0.1) is 24.4 Å². The van der Waals surface area contributed by atoms with Gasteiger partial charge in [-0.05, 0) is 37.1 Å². The van der Waals surface area contributed by atoms with Crippen LogP contribution in [0.5, 0.6) is 5.75 Å². The van der Waals surface area contributed by atoms with Gasteiger partial charge in [0.1, 0.15) is 11.6 Å². The predicted molar refractivity (Wildman–Crippen MR) is 106 cm³/mol. The summed E-state index contributed by atoms with van der Waals surface area (Å²) in [6.07, 6.45) is 1.93. The Labute approximate surface area is 155 Å². The second-order valence-electron chi connectivity index (χ2n) is 5.95. The molecule has 1 aliphatic rings. The SMILES string of the molecule is C/C=C1/CNC(c2c(F)cccc2OC)c2cc(C)ccc2C1=N.CC. The first kappa shape index (κ1) is 19.9. The van der Waals surface area contributed by atoms with Gasteiger partial charge in [-0.15, -0.1) is 0 Å². The normalized spacial score (nSPS) is 17.8. The number of hydrogen-bond acceptors (Lipinski definition) is 3. The van der Waals surface area contributed by atoms with Gasteiger partial charge in [0.25, 0.3) is 0 Å². The van der Waals surface area contributed by atoms with Crippen LogP contribution in [0.3, 0.4) is 0 Å². The second kappa shape index (κ2) is 8.77. The van der Waals surface area contributed by atoms with Crippen LogP contribution in [0.2, 0.25) is 0 Å². The summed E-state index contributed by atoms with van der Waals surface area (Å²) in [4.78, 5) is 0. The Balaban J connectivity index is 0.00000117. The van der Waals surface area contributed by atoms with Crippen molar-refractivity contribution in [3.05, 3.63) is 76.1 Å². The molecule has 4 heteroatoms. The summed E-state index contributed by atoms with van der Waals surface area (Å²) in [6.45, 7) is 8.43. The fraction of sp³-hybridized carbons (Fsp3) is 0.318. The molecule has 0 saturated heterocycles. The van der Waals surface area contributed by atoms with E-state index < -0.39 is 0 Å². The van der Waals surface area contributed by atoms with Crippen LogP contribution < -0.4 is 10.1 Å². The van der Waals surface area contributed by atoms with Crippen molar-refractivity contribution in [1.29, 1.82) is 5.41 Å². The highest BCUT2D eigenvalue weighted by Crippen LogP contribution is 2.36. The molecule has 0 saturated carbocycles. The number of fused-ring (bicyclic) bond motifs is 1. The first-order valence-electron chi connectivity index (χ1n) is 8.97. The van der Waals surface area contributed by atoms with Gasteiger partial charge >= 0.3 is 0 Å². The number of allylic oxidation sites excluding steroid dienone is 1. The molecule has 1 atom stereocenters. The third-order valence-corrected chi connectivity index (χ3v) is 4.48. The highest BCUT2D eigenvalue weighted by Gasteiger charge is 2.28. The summed E-state index contributed by atoms with van der Waals surface area (Å²) in [6, 6.07) is 10.4. The van der Waals surface area contributed by atoms with E-state index in [4.69, 9.17) is 10.1 Å². The van der Waals surface area contributed by atoms with Crippen molar-refractivity contribution in [2.45, 2.75) is 33.7 Å². The zero-order chi connectivity index (χ0) is 19.3. The van der Waals surface area contributed by atoms with E-state index in [2.05, 4.69) is 5.32 Å². The summed E-state index contributed by atoms with van der Waals surface area (Å²) < 4.78 is 20.0. The van der Waals surface area contributed by atoms with Gasteiger partial charge in [0.2, 0.25) is 0 Å². The Morgan fingerprint density at radius 2 is 1.96 bits per heavy atom. The van der Waals surface area contributed by atoms with Crippen LogP contribution >= 0.6 is 0 Å². The molecule has 0 spiro atoms. The van der Waals surface area contributed by atoms with E-state index in [0.29, 0.717) is 23.6 Å². The van der Waals surface area contributed by atoms with Gasteiger partial charge in [0, 0.05) is 12.1 Å². The van der Waals surface area contributed by atoms with Crippen molar-refractivity contribution in [3.8, 4) is 5.75 Å². The van der Waals surface area contributed by atoms with E-state index >= 15 is 0 Å². The molecule has 2 N–H and O–H groups in total. The predicted octanol–water partition coefficient (Wildman–Crippen LogP) is 5.18. The lowest BCUT2D eigenvalue weighted by molar-refractivity contribution is 0.398. The molecule has 1 unspecified atom stereocenters. The van der Waals surface area contributed by atoms with Crippen molar-refractivity contribution >= 4 is 5.71 Å². The van der Waals surface area contributed by atoms with Gasteiger partial charge in [-0.3, -0.25) is 5.41 Å². The molecule has 0 amide bonds. The number of benzene rings is 2. The molecule has 0 aromatic heterocycles. The number of halogens is 1. The average molecular weight is 354 g/mol. The standard InChI is InChI=1S/C20H21FN2O.C2H6/c1-4-13-11-23-20(18-16(21)6-5-7-17(18)24-3)15-10-12(2)8-9-14(15)19(13)22;1-2/h4-10,20,22-23H,11H2,1-3H3;1-2H3/b13-4-,22-19?;. The molecule has 2 aromatic carbocycles. The summed E-state index contributed by atoms with van der Waals surface area (Å²) >= 11 is 0. The third-order valence-electron chi connectivity index (χ3n) is 4.48. The number of methoxy groups -OCH3 is 1. The van der Waals surface area contributed by atoms with E-state index in [1.54, 1.807) is 19.2 Å². The third kappa shape index (κ3) is 3.70. The maximum absolute atomic E-state index is 14.6. The number of ether oxygens (including phenoxy) is 1. The summed E-state index contributed by atoms with van der Waals surface area (Å²) in [7, 11) is 1.55. The Kier molecular flexibility index (Phi) is 6.70. The highest BCUT2D eigenvalue weighted by molar-refractivity contribution is 6.12. The van der Waals surface area contributed by atoms with Gasteiger partial charge in [-0.2, -0.15) is 0 Å². The largest absolute Gasteiger partial charge is 0.496 e. The molecule has 0 fully saturated rings. The monoisotopic (exact) mass is 354 g/mol. The number of aryl methyl sites for hydroxylation is 1. The maximum Gasteiger partial charge on any atom is 0.132 e. The van der Waals surface area contributed by atoms with E-state index in [1.807, 2.05) is 52.0 Å². The van der Waals surface area contributed by atoms with Crippen LogP contribution in [0.4, 0.5) is 4.39 Å². The molecule has 0 bridgehead atoms. The number of rotatable bonds is 2. The Morgan fingerprint density at radius 1 is 1.23 bits per heavy atom. The minimum absolute atomic E-state index is 0.310. The molecule has 3 rings (SSSR count). The first-order chi connectivity index (χ1) is 12.6. The Hall–Kier alpha value is -2.46. The molecule has 1 aliphatic heterocycles. The fourth-order valence-electron chi connectivity index (χ4n) is 3.21. The minimum Gasteiger partial charge on any atom is -0.496 e. The molecule has 138 valence electrons. The fourth-order valence-corrected chi connectivity index (χ4v) is 3.21. The lowest BCUT2D eigenvalue weighted by Gasteiger charge is -2.22. The lowest BCUT2D eigenvalue weighted by Crippen LogP contribution is -2.24. The Morgan fingerprint density at radius 3 is 2.62 bits per heavy atom. The number of hydrogen-bond donors (Lipinski definition) is 2. The second-order valence-corrected chi connectivity index (χ2v) is 5.95. The van der Waals surface area contributed by atoms with Crippen molar-refractivity contribution < 1.29 is 9.13 Å². The van der Waals surface area contributed by atoms with Gasteiger partial charge < -0.3 is 10.1 Å². The smallest absolute Gasteiger partial charge is 0.132 e. The topological polar surface area (TPSA) is 45.1 Å². The summed E-state index contributed by atoms with van der Waals surface area (Å²) in [5.74, 6) is 0.199. The molecule has 2 aromatic rings. The zero-order valence-corrected chi connectivity index (χ0v) is 16.1. The molecule has 1 heterocycles. The minimum atomic E-state index is -0.367. The van der Waals surface area contributed by atoms with Crippen molar-refractivity contribution in [3.63, 3.8) is 0 Å². The first-order valence-corrected chi connectivity index (χ1v) is 8.97. The van der Waals surface area contributed by atoms with Crippen molar-refractivity contribution in [2.24, 2.45) is 0 Å². The van der Waals surface area contributed by atoms with Crippen molar-refractivity contribution in [1.82, 2.24) is 5.32 Å². The lowest BCUT2D eigenvalue weighted by atomic mass is 9.90. The zero-order valence-electron chi connectivity index (χ0n) is 16.1. The summed E-state index contributed by atoms with van der Waals surface area (Å²) in [5.41, 5.74) is 4.68. The molecule has 3 nitrogen and oxygen atoms in total. The van der Waals surface area contributed by atoms with Crippen LogP contribution in [-0.2, 0) is 0 Å². The summed E-state index contributed by atoms with van der Waals surface area (Å²) in [5, 5.41) is 11.9. The van der Waals surface area contributed by atoms with Crippen LogP contribution in [0.1, 0.15) is 49.1 Å². The maximum atomic E-state index is 14.6. The molecular weight excluding hydrogens is 327 g/mol. The van der Waals surface area contributed by atoms with E-state index in [9.17, 15) is 4.39 Å². The van der Waals surface area contributed by atoms with Crippen LogP contribution in [0.15, 0.2) is 48.0 Å². The van der Waals surface area contributed by atoms with Gasteiger partial charge in [-0.1, -0.05) is 49.8 Å². The van der Waals surface area contributed by atoms with Crippen molar-refractivity contribution in [2.75, 3.05) is 13.7 Å². The molecule has 0 aliphatic carbocycles. The van der Waals surface area contributed by atoms with E-state index in [1.165, 1.54) is 6.07 Å². The quantitative estimate of drug-likeness (QED) is 0.781. The molecule has 26 heavy (non-hydrogen) atoms. The van der Waals surface area contributed by atoms with Crippen LogP contribution in [0.25, 0.3) is 0 Å². The van der Waals surface area contributed by atoms with E-state index in [0.717, 1.165) is 22.3 Å². The molecular formula is C22H27FN2O. The highest BCUT2D eigenvalue weighted by atomic mass is 19.1. The van der Waals surface area contributed by atoms with Crippen LogP contribution in [-0.4, -0.2) is 19.4 Å². The van der Waals surface area contributed by atoms with Gasteiger partial charge in [0.15, 0.2) is 0 Å². The average Bonchev–Trinajstić information content (AvgIpc) is 2.79. The van der Waals surface area contributed by atoms with Crippen LogP contribution in [0, 0.1) is 18.2 Å².